The van der Waals surface area contributed by atoms with Gasteiger partial charge < -0.3 is 9.47 Å². The SMILES string of the molecule is CCCOC(=O)CCCCCCCCC(C)C(C)C(=O)OCCC. The number of hydrogen-bond donors (Lipinski definition) is 0. The zero-order chi connectivity index (χ0) is 18.2. The Morgan fingerprint density at radius 1 is 0.792 bits per heavy atom. The first-order valence-corrected chi connectivity index (χ1v) is 9.85. The van der Waals surface area contributed by atoms with Crippen LogP contribution in [0.2, 0.25) is 0 Å². The third kappa shape index (κ3) is 12.4. The summed E-state index contributed by atoms with van der Waals surface area (Å²) in [5.41, 5.74) is 0. The van der Waals surface area contributed by atoms with Crippen LogP contribution in [-0.4, -0.2) is 25.2 Å². The van der Waals surface area contributed by atoms with E-state index in [2.05, 4.69) is 6.92 Å². The Morgan fingerprint density at radius 2 is 1.33 bits per heavy atom. The van der Waals surface area contributed by atoms with Crippen molar-refractivity contribution in [3.63, 3.8) is 0 Å². The highest BCUT2D eigenvalue weighted by atomic mass is 16.5. The number of ether oxygens (including phenoxy) is 2. The van der Waals surface area contributed by atoms with Gasteiger partial charge in [0.05, 0.1) is 19.1 Å². The Hall–Kier alpha value is -1.06. The van der Waals surface area contributed by atoms with Crippen LogP contribution in [0.5, 0.6) is 0 Å². The first-order valence-electron chi connectivity index (χ1n) is 9.85. The van der Waals surface area contributed by atoms with Crippen molar-refractivity contribution < 1.29 is 19.1 Å². The summed E-state index contributed by atoms with van der Waals surface area (Å²) in [4.78, 5) is 23.1. The number of carbonyl (C=O) groups excluding carboxylic acids is 2. The molecule has 0 aliphatic carbocycles. The van der Waals surface area contributed by atoms with Crippen LogP contribution in [0.3, 0.4) is 0 Å². The van der Waals surface area contributed by atoms with E-state index < -0.39 is 0 Å². The molecule has 0 bridgehead atoms. The highest BCUT2D eigenvalue weighted by Gasteiger charge is 2.20. The van der Waals surface area contributed by atoms with Gasteiger partial charge in [0.15, 0.2) is 0 Å². The Labute approximate surface area is 148 Å². The van der Waals surface area contributed by atoms with Crippen LogP contribution in [0.25, 0.3) is 0 Å². The van der Waals surface area contributed by atoms with Crippen LogP contribution in [-0.2, 0) is 19.1 Å². The third-order valence-corrected chi connectivity index (χ3v) is 4.43. The van der Waals surface area contributed by atoms with E-state index in [0.29, 0.717) is 25.6 Å². The summed E-state index contributed by atoms with van der Waals surface area (Å²) < 4.78 is 10.3. The minimum absolute atomic E-state index is 0.00863. The van der Waals surface area contributed by atoms with Crippen molar-refractivity contribution in [1.29, 1.82) is 0 Å². The Balaban J connectivity index is 3.52. The van der Waals surface area contributed by atoms with Gasteiger partial charge >= 0.3 is 11.9 Å². The smallest absolute Gasteiger partial charge is 0.308 e. The molecule has 0 saturated heterocycles. The second kappa shape index (κ2) is 15.5. The van der Waals surface area contributed by atoms with E-state index in [0.717, 1.165) is 38.5 Å². The van der Waals surface area contributed by atoms with Crippen molar-refractivity contribution in [1.82, 2.24) is 0 Å². The van der Waals surface area contributed by atoms with Crippen molar-refractivity contribution in [2.45, 2.75) is 91.9 Å². The molecule has 0 fully saturated rings. The molecule has 0 aliphatic rings. The van der Waals surface area contributed by atoms with Crippen LogP contribution in [0.4, 0.5) is 0 Å². The number of unbranched alkanes of at least 4 members (excludes halogenated alkanes) is 5. The molecule has 0 aromatic carbocycles. The summed E-state index contributed by atoms with van der Waals surface area (Å²) in [6, 6.07) is 0. The summed E-state index contributed by atoms with van der Waals surface area (Å²) in [6.07, 6.45) is 10.1. The number of rotatable bonds is 15. The molecule has 0 aromatic rings. The summed E-state index contributed by atoms with van der Waals surface area (Å²) >= 11 is 0. The van der Waals surface area contributed by atoms with Crippen LogP contribution in [0.15, 0.2) is 0 Å². The quantitative estimate of drug-likeness (QED) is 0.300. The van der Waals surface area contributed by atoms with Gasteiger partial charge in [-0.2, -0.15) is 0 Å². The van der Waals surface area contributed by atoms with Gasteiger partial charge in [0.25, 0.3) is 0 Å². The van der Waals surface area contributed by atoms with Gasteiger partial charge in [-0.05, 0) is 31.6 Å². The minimum atomic E-state index is -0.0605. The largest absolute Gasteiger partial charge is 0.466 e. The molecule has 24 heavy (non-hydrogen) atoms. The zero-order valence-corrected chi connectivity index (χ0v) is 16.3. The van der Waals surface area contributed by atoms with Crippen LogP contribution in [0.1, 0.15) is 91.9 Å². The highest BCUT2D eigenvalue weighted by molar-refractivity contribution is 5.72. The molecule has 0 saturated carbocycles. The molecule has 0 aliphatic heterocycles. The number of carbonyl (C=O) groups is 2. The van der Waals surface area contributed by atoms with Crippen molar-refractivity contribution in [3.8, 4) is 0 Å². The van der Waals surface area contributed by atoms with E-state index >= 15 is 0 Å². The standard InChI is InChI=1S/C20H38O4/c1-5-15-23-19(21)14-12-10-8-7-9-11-13-17(3)18(4)20(22)24-16-6-2/h17-18H,5-16H2,1-4H3. The lowest BCUT2D eigenvalue weighted by atomic mass is 9.90. The zero-order valence-electron chi connectivity index (χ0n) is 16.3. The monoisotopic (exact) mass is 342 g/mol. The Morgan fingerprint density at radius 3 is 1.96 bits per heavy atom. The van der Waals surface area contributed by atoms with Crippen molar-refractivity contribution in [3.05, 3.63) is 0 Å². The molecule has 2 unspecified atom stereocenters. The van der Waals surface area contributed by atoms with Crippen LogP contribution >= 0.6 is 0 Å². The highest BCUT2D eigenvalue weighted by Crippen LogP contribution is 2.20. The molecular weight excluding hydrogens is 304 g/mol. The Kier molecular flexibility index (Phi) is 14.8. The third-order valence-electron chi connectivity index (χ3n) is 4.43. The van der Waals surface area contributed by atoms with Gasteiger partial charge in [0.1, 0.15) is 0 Å². The van der Waals surface area contributed by atoms with Gasteiger partial charge in [0.2, 0.25) is 0 Å². The maximum absolute atomic E-state index is 11.8. The maximum atomic E-state index is 11.8. The molecule has 0 spiro atoms. The predicted molar refractivity (Wildman–Crippen MR) is 97.8 cm³/mol. The lowest BCUT2D eigenvalue weighted by Gasteiger charge is -2.18. The number of hydrogen-bond acceptors (Lipinski definition) is 4. The first kappa shape index (κ1) is 22.9. The summed E-state index contributed by atoms with van der Waals surface area (Å²) in [7, 11) is 0. The van der Waals surface area contributed by atoms with Crippen molar-refractivity contribution in [2.24, 2.45) is 11.8 Å². The summed E-state index contributed by atoms with van der Waals surface area (Å²) in [6.45, 7) is 9.20. The summed E-state index contributed by atoms with van der Waals surface area (Å²) in [5, 5.41) is 0. The molecule has 4 nitrogen and oxygen atoms in total. The molecular formula is C20H38O4. The van der Waals surface area contributed by atoms with Gasteiger partial charge in [0, 0.05) is 6.42 Å². The topological polar surface area (TPSA) is 52.6 Å². The minimum Gasteiger partial charge on any atom is -0.466 e. The molecule has 0 N–H and O–H groups in total. The lowest BCUT2D eigenvalue weighted by Crippen LogP contribution is -2.21. The van der Waals surface area contributed by atoms with Crippen molar-refractivity contribution in [2.75, 3.05) is 13.2 Å². The fraction of sp³-hybridized carbons (Fsp3) is 0.900. The normalized spacial score (nSPS) is 13.3. The second-order valence-electron chi connectivity index (χ2n) is 6.81. The van der Waals surface area contributed by atoms with E-state index in [4.69, 9.17) is 9.47 Å². The van der Waals surface area contributed by atoms with Gasteiger partial charge in [-0.3, -0.25) is 9.59 Å². The van der Waals surface area contributed by atoms with Crippen molar-refractivity contribution >= 4 is 11.9 Å². The van der Waals surface area contributed by atoms with E-state index in [1.165, 1.54) is 19.3 Å². The summed E-state index contributed by atoms with van der Waals surface area (Å²) in [5.74, 6) is 0.252. The molecule has 0 amide bonds. The lowest BCUT2D eigenvalue weighted by molar-refractivity contribution is -0.149. The Bertz CT molecular complexity index is 328. The predicted octanol–water partition coefficient (Wildman–Crippen LogP) is 5.29. The fourth-order valence-electron chi connectivity index (χ4n) is 2.55. The van der Waals surface area contributed by atoms with E-state index in [1.807, 2.05) is 20.8 Å². The molecule has 0 rings (SSSR count). The van der Waals surface area contributed by atoms with E-state index in [1.54, 1.807) is 0 Å². The molecule has 0 radical (unpaired) electrons. The van der Waals surface area contributed by atoms with Gasteiger partial charge in [-0.25, -0.2) is 0 Å². The molecule has 0 aromatic heterocycles. The average Bonchev–Trinajstić information content (AvgIpc) is 2.58. The maximum Gasteiger partial charge on any atom is 0.308 e. The molecule has 0 heterocycles. The first-order chi connectivity index (χ1) is 11.5. The molecule has 2 atom stereocenters. The molecule has 4 heteroatoms. The van der Waals surface area contributed by atoms with E-state index in [-0.39, 0.29) is 17.9 Å². The molecule has 142 valence electrons. The van der Waals surface area contributed by atoms with Gasteiger partial charge in [-0.1, -0.05) is 59.8 Å². The van der Waals surface area contributed by atoms with Crippen LogP contribution in [0, 0.1) is 11.8 Å². The van der Waals surface area contributed by atoms with Gasteiger partial charge in [-0.15, -0.1) is 0 Å². The van der Waals surface area contributed by atoms with Crippen LogP contribution < -0.4 is 0 Å². The second-order valence-corrected chi connectivity index (χ2v) is 6.81. The average molecular weight is 343 g/mol. The fourth-order valence-corrected chi connectivity index (χ4v) is 2.55. The number of esters is 2. The van der Waals surface area contributed by atoms with E-state index in [9.17, 15) is 9.59 Å².